The lowest BCUT2D eigenvalue weighted by Crippen LogP contribution is -2.39. The van der Waals surface area contributed by atoms with Crippen LogP contribution in [-0.2, 0) is 9.53 Å². The van der Waals surface area contributed by atoms with Crippen molar-refractivity contribution < 1.29 is 9.53 Å². The van der Waals surface area contributed by atoms with Crippen LogP contribution in [0.2, 0.25) is 0 Å². The first-order valence-corrected chi connectivity index (χ1v) is 4.62. The van der Waals surface area contributed by atoms with Crippen molar-refractivity contribution in [3.8, 4) is 0 Å². The number of anilines is 1. The number of amides is 1. The van der Waals surface area contributed by atoms with Crippen molar-refractivity contribution in [3.05, 3.63) is 23.9 Å². The molecule has 0 spiro atoms. The third-order valence-electron chi connectivity index (χ3n) is 1.82. The molecule has 0 aliphatic carbocycles. The van der Waals surface area contributed by atoms with E-state index in [9.17, 15) is 4.79 Å². The second kappa shape index (κ2) is 5.43. The highest BCUT2D eigenvalue weighted by atomic mass is 16.5. The summed E-state index contributed by atoms with van der Waals surface area (Å²) < 4.78 is 4.78. The molecule has 0 aliphatic heterocycles. The van der Waals surface area contributed by atoms with E-state index in [2.05, 4.69) is 10.3 Å². The number of hydrogen-bond acceptors (Lipinski definition) is 4. The minimum absolute atomic E-state index is 0.192. The lowest BCUT2D eigenvalue weighted by molar-refractivity contribution is -0.118. The molecule has 0 saturated carbocycles. The fraction of sp³-hybridized carbons (Fsp3) is 0.400. The van der Waals surface area contributed by atoms with Crippen LogP contribution >= 0.6 is 0 Å². The Morgan fingerprint density at radius 2 is 2.40 bits per heavy atom. The molecular weight excluding hydrogens is 194 g/mol. The molecule has 1 amide bonds. The third kappa shape index (κ3) is 3.65. The van der Waals surface area contributed by atoms with Gasteiger partial charge in [0.2, 0.25) is 5.91 Å². The maximum Gasteiger partial charge on any atom is 0.244 e. The fourth-order valence-corrected chi connectivity index (χ4v) is 1.09. The van der Waals surface area contributed by atoms with Crippen LogP contribution in [0.25, 0.3) is 0 Å². The van der Waals surface area contributed by atoms with E-state index in [1.807, 2.05) is 19.1 Å². The van der Waals surface area contributed by atoms with Gasteiger partial charge in [0.15, 0.2) is 0 Å². The molecule has 5 nitrogen and oxygen atoms in total. The molecule has 1 aromatic rings. The van der Waals surface area contributed by atoms with E-state index >= 15 is 0 Å². The molecule has 0 bridgehead atoms. The first-order chi connectivity index (χ1) is 7.13. The molecule has 0 aromatic carbocycles. The zero-order chi connectivity index (χ0) is 11.3. The summed E-state index contributed by atoms with van der Waals surface area (Å²) in [5.74, 6) is 0.210. The predicted octanol–water partition coefficient (Wildman–Crippen LogP) is 0.302. The number of ether oxygens (including phenoxy) is 1. The SMILES string of the molecule is COCC(N)C(=O)Nc1cccc(C)n1. The number of carbonyl (C=O) groups is 1. The number of aryl methyl sites for hydroxylation is 1. The Hall–Kier alpha value is -1.46. The van der Waals surface area contributed by atoms with E-state index in [0.717, 1.165) is 5.69 Å². The Morgan fingerprint density at radius 1 is 1.67 bits per heavy atom. The molecule has 1 rings (SSSR count). The van der Waals surface area contributed by atoms with Gasteiger partial charge in [-0.05, 0) is 19.1 Å². The van der Waals surface area contributed by atoms with Crippen LogP contribution in [0.15, 0.2) is 18.2 Å². The van der Waals surface area contributed by atoms with Crippen molar-refractivity contribution in [1.82, 2.24) is 4.98 Å². The van der Waals surface area contributed by atoms with E-state index in [-0.39, 0.29) is 12.5 Å². The van der Waals surface area contributed by atoms with Crippen molar-refractivity contribution in [2.45, 2.75) is 13.0 Å². The first-order valence-electron chi connectivity index (χ1n) is 4.62. The van der Waals surface area contributed by atoms with Crippen LogP contribution in [0, 0.1) is 6.92 Å². The maximum atomic E-state index is 11.5. The van der Waals surface area contributed by atoms with Gasteiger partial charge in [-0.25, -0.2) is 4.98 Å². The number of methoxy groups -OCH3 is 1. The van der Waals surface area contributed by atoms with Gasteiger partial charge in [-0.3, -0.25) is 4.79 Å². The zero-order valence-electron chi connectivity index (χ0n) is 8.86. The van der Waals surface area contributed by atoms with Gasteiger partial charge >= 0.3 is 0 Å². The average Bonchev–Trinajstić information content (AvgIpc) is 2.18. The minimum Gasteiger partial charge on any atom is -0.383 e. The van der Waals surface area contributed by atoms with Crippen LogP contribution in [0.4, 0.5) is 5.82 Å². The number of rotatable bonds is 4. The second-order valence-electron chi connectivity index (χ2n) is 3.22. The number of carbonyl (C=O) groups excluding carboxylic acids is 1. The summed E-state index contributed by atoms with van der Waals surface area (Å²) >= 11 is 0. The monoisotopic (exact) mass is 209 g/mol. The normalized spacial score (nSPS) is 12.2. The molecule has 1 unspecified atom stereocenters. The molecule has 3 N–H and O–H groups in total. The summed E-state index contributed by atoms with van der Waals surface area (Å²) in [6, 6.07) is 4.71. The van der Waals surface area contributed by atoms with Crippen LogP contribution < -0.4 is 11.1 Å². The minimum atomic E-state index is -0.669. The highest BCUT2D eigenvalue weighted by molar-refractivity contribution is 5.93. The summed E-state index contributed by atoms with van der Waals surface area (Å²) in [6.45, 7) is 2.04. The van der Waals surface area contributed by atoms with E-state index in [1.165, 1.54) is 7.11 Å². The van der Waals surface area contributed by atoms with Crippen LogP contribution in [-0.4, -0.2) is 30.6 Å². The summed E-state index contributed by atoms with van der Waals surface area (Å²) in [6.07, 6.45) is 0. The van der Waals surface area contributed by atoms with Gasteiger partial charge in [0.05, 0.1) is 6.61 Å². The molecule has 0 aliphatic rings. The van der Waals surface area contributed by atoms with E-state index < -0.39 is 6.04 Å². The van der Waals surface area contributed by atoms with Crippen molar-refractivity contribution in [2.24, 2.45) is 5.73 Å². The molecule has 82 valence electrons. The van der Waals surface area contributed by atoms with Crippen molar-refractivity contribution in [3.63, 3.8) is 0 Å². The Balaban J connectivity index is 2.58. The van der Waals surface area contributed by atoms with Gasteiger partial charge in [0.25, 0.3) is 0 Å². The molecular formula is C10H15N3O2. The summed E-state index contributed by atoms with van der Waals surface area (Å²) in [4.78, 5) is 15.6. The summed E-state index contributed by atoms with van der Waals surface area (Å²) in [5.41, 5.74) is 6.39. The largest absolute Gasteiger partial charge is 0.383 e. The Bertz CT molecular complexity index is 341. The van der Waals surface area contributed by atoms with Gasteiger partial charge in [0.1, 0.15) is 11.9 Å². The lowest BCUT2D eigenvalue weighted by Gasteiger charge is -2.10. The van der Waals surface area contributed by atoms with Crippen LogP contribution in [0.5, 0.6) is 0 Å². The summed E-state index contributed by atoms with van der Waals surface area (Å²) in [5, 5.41) is 2.61. The highest BCUT2D eigenvalue weighted by Gasteiger charge is 2.13. The average molecular weight is 209 g/mol. The van der Waals surface area contributed by atoms with E-state index in [1.54, 1.807) is 6.07 Å². The number of hydrogen-bond donors (Lipinski definition) is 2. The van der Waals surface area contributed by atoms with E-state index in [4.69, 9.17) is 10.5 Å². The zero-order valence-corrected chi connectivity index (χ0v) is 8.86. The molecule has 0 saturated heterocycles. The topological polar surface area (TPSA) is 77.2 Å². The van der Waals surface area contributed by atoms with E-state index in [0.29, 0.717) is 5.82 Å². The summed E-state index contributed by atoms with van der Waals surface area (Å²) in [7, 11) is 1.50. The maximum absolute atomic E-state index is 11.5. The molecule has 15 heavy (non-hydrogen) atoms. The standard InChI is InChI=1S/C10H15N3O2/c1-7-4-3-5-9(12-7)13-10(14)8(11)6-15-2/h3-5,8H,6,11H2,1-2H3,(H,12,13,14). The highest BCUT2D eigenvalue weighted by Crippen LogP contribution is 2.03. The first kappa shape index (κ1) is 11.6. The van der Waals surface area contributed by atoms with Gasteiger partial charge in [-0.15, -0.1) is 0 Å². The van der Waals surface area contributed by atoms with Crippen LogP contribution in [0.3, 0.4) is 0 Å². The quantitative estimate of drug-likeness (QED) is 0.747. The fourth-order valence-electron chi connectivity index (χ4n) is 1.09. The lowest BCUT2D eigenvalue weighted by atomic mass is 10.3. The molecule has 5 heteroatoms. The third-order valence-corrected chi connectivity index (χ3v) is 1.82. The second-order valence-corrected chi connectivity index (χ2v) is 3.22. The Labute approximate surface area is 88.6 Å². The molecule has 0 fully saturated rings. The number of nitrogens with two attached hydrogens (primary N) is 1. The Kier molecular flexibility index (Phi) is 4.20. The van der Waals surface area contributed by atoms with Crippen molar-refractivity contribution >= 4 is 11.7 Å². The van der Waals surface area contributed by atoms with Crippen molar-refractivity contribution in [2.75, 3.05) is 19.0 Å². The van der Waals surface area contributed by atoms with Gasteiger partial charge in [-0.2, -0.15) is 0 Å². The van der Waals surface area contributed by atoms with Gasteiger partial charge in [0, 0.05) is 12.8 Å². The number of nitrogens with one attached hydrogen (secondary N) is 1. The molecule has 1 aromatic heterocycles. The predicted molar refractivity (Wildman–Crippen MR) is 57.5 cm³/mol. The van der Waals surface area contributed by atoms with Crippen LogP contribution in [0.1, 0.15) is 5.69 Å². The number of nitrogens with zero attached hydrogens (tertiary/aromatic N) is 1. The molecule has 1 atom stereocenters. The molecule has 0 radical (unpaired) electrons. The number of pyridine rings is 1. The van der Waals surface area contributed by atoms with Gasteiger partial charge in [-0.1, -0.05) is 6.07 Å². The van der Waals surface area contributed by atoms with Crippen molar-refractivity contribution in [1.29, 1.82) is 0 Å². The smallest absolute Gasteiger partial charge is 0.244 e. The molecule has 1 heterocycles. The van der Waals surface area contributed by atoms with Gasteiger partial charge < -0.3 is 15.8 Å². The number of aromatic nitrogens is 1. The Morgan fingerprint density at radius 3 is 3.00 bits per heavy atom.